The van der Waals surface area contributed by atoms with Crippen molar-refractivity contribution in [2.45, 2.75) is 19.8 Å². The number of urea groups is 1. The maximum absolute atomic E-state index is 11.5. The van der Waals surface area contributed by atoms with Crippen LogP contribution in [0.5, 0.6) is 0 Å². The van der Waals surface area contributed by atoms with Gasteiger partial charge in [-0.1, -0.05) is 25.5 Å². The first-order valence-electron chi connectivity index (χ1n) is 6.09. The van der Waals surface area contributed by atoms with Crippen LogP contribution in [0.1, 0.15) is 18.9 Å². The molecule has 0 spiro atoms. The maximum atomic E-state index is 11.5. The Hall–Kier alpha value is -1.36. The van der Waals surface area contributed by atoms with E-state index in [4.69, 9.17) is 9.79 Å². The van der Waals surface area contributed by atoms with Gasteiger partial charge in [-0.15, -0.1) is 0 Å². The summed E-state index contributed by atoms with van der Waals surface area (Å²) in [7, 11) is -4.06. The molecule has 0 unspecified atom stereocenters. The molecule has 0 bridgehead atoms. The van der Waals surface area contributed by atoms with E-state index in [1.54, 1.807) is 6.07 Å². The van der Waals surface area contributed by atoms with Crippen LogP contribution in [0.25, 0.3) is 0 Å². The molecule has 0 aliphatic heterocycles. The summed E-state index contributed by atoms with van der Waals surface area (Å²) in [4.78, 5) is 28.8. The Morgan fingerprint density at radius 2 is 2.11 bits per heavy atom. The third-order valence-electron chi connectivity index (χ3n) is 2.41. The van der Waals surface area contributed by atoms with Gasteiger partial charge in [-0.25, -0.2) is 4.79 Å². The van der Waals surface area contributed by atoms with Gasteiger partial charge in [0.2, 0.25) is 0 Å². The highest BCUT2D eigenvalue weighted by atomic mass is 31.2. The third-order valence-corrected chi connectivity index (χ3v) is 3.22. The molecule has 0 aliphatic carbocycles. The van der Waals surface area contributed by atoms with Crippen molar-refractivity contribution in [2.24, 2.45) is 0 Å². The van der Waals surface area contributed by atoms with Crippen LogP contribution in [0.4, 0.5) is 10.5 Å². The first-order chi connectivity index (χ1) is 8.90. The number of hydrogen-bond donors (Lipinski definition) is 4. The summed E-state index contributed by atoms with van der Waals surface area (Å²) >= 11 is 0. The van der Waals surface area contributed by atoms with E-state index in [0.29, 0.717) is 5.69 Å². The van der Waals surface area contributed by atoms with Gasteiger partial charge in [0.15, 0.2) is 0 Å². The topological polar surface area (TPSA) is 98.7 Å². The van der Waals surface area contributed by atoms with Crippen LogP contribution < -0.4 is 10.6 Å². The molecule has 1 aromatic carbocycles. The molecule has 1 aromatic rings. The van der Waals surface area contributed by atoms with Gasteiger partial charge in [-0.2, -0.15) is 0 Å². The lowest BCUT2D eigenvalue weighted by molar-refractivity contribution is 0.252. The fraction of sp³-hybridized carbons (Fsp3) is 0.417. The molecular formula is C12H19N2O4P. The van der Waals surface area contributed by atoms with E-state index < -0.39 is 13.6 Å². The van der Waals surface area contributed by atoms with E-state index in [0.717, 1.165) is 18.4 Å². The second kappa shape index (κ2) is 7.28. The first-order valence-corrected chi connectivity index (χ1v) is 7.89. The van der Waals surface area contributed by atoms with Gasteiger partial charge >= 0.3 is 13.6 Å². The molecule has 2 amide bonds. The van der Waals surface area contributed by atoms with E-state index in [2.05, 4.69) is 17.6 Å². The molecule has 6 nitrogen and oxygen atoms in total. The molecule has 1 rings (SSSR count). The Morgan fingerprint density at radius 3 is 2.74 bits per heavy atom. The molecule has 0 fully saturated rings. The van der Waals surface area contributed by atoms with Gasteiger partial charge in [0, 0.05) is 12.2 Å². The van der Waals surface area contributed by atoms with Crippen molar-refractivity contribution >= 4 is 19.3 Å². The van der Waals surface area contributed by atoms with Crippen LogP contribution in [-0.4, -0.2) is 28.5 Å². The van der Waals surface area contributed by atoms with Gasteiger partial charge in [0.1, 0.15) is 0 Å². The number of aryl methyl sites for hydroxylation is 1. The molecule has 7 heteroatoms. The number of carbonyl (C=O) groups is 1. The minimum absolute atomic E-state index is 0.0647. The van der Waals surface area contributed by atoms with Crippen LogP contribution >= 0.6 is 7.60 Å². The molecule has 0 saturated carbocycles. The summed E-state index contributed by atoms with van der Waals surface area (Å²) in [5.74, 6) is 0. The highest BCUT2D eigenvalue weighted by Crippen LogP contribution is 2.32. The quantitative estimate of drug-likeness (QED) is 0.600. The van der Waals surface area contributed by atoms with Crippen molar-refractivity contribution < 1.29 is 19.1 Å². The summed E-state index contributed by atoms with van der Waals surface area (Å²) in [6.45, 7) is 2.01. The van der Waals surface area contributed by atoms with Crippen LogP contribution in [0, 0.1) is 0 Å². The maximum Gasteiger partial charge on any atom is 0.327 e. The average Bonchev–Trinajstić information content (AvgIpc) is 2.28. The van der Waals surface area contributed by atoms with Gasteiger partial charge in [0.25, 0.3) is 0 Å². The molecule has 4 N–H and O–H groups in total. The summed E-state index contributed by atoms with van der Waals surface area (Å²) in [5, 5.41) is 5.02. The Morgan fingerprint density at radius 1 is 1.37 bits per heavy atom. The minimum Gasteiger partial charge on any atom is -0.337 e. The number of rotatable bonds is 6. The van der Waals surface area contributed by atoms with Gasteiger partial charge in [-0.3, -0.25) is 4.57 Å². The summed E-state index contributed by atoms with van der Waals surface area (Å²) in [6.07, 6.45) is 1.60. The van der Waals surface area contributed by atoms with Crippen LogP contribution in [-0.2, 0) is 11.0 Å². The molecule has 0 saturated heterocycles. The molecule has 0 radical (unpaired) electrons. The fourth-order valence-corrected chi connectivity index (χ4v) is 1.99. The van der Waals surface area contributed by atoms with Gasteiger partial charge < -0.3 is 20.4 Å². The normalized spacial score (nSPS) is 11.1. The van der Waals surface area contributed by atoms with E-state index in [1.165, 1.54) is 0 Å². The summed E-state index contributed by atoms with van der Waals surface area (Å²) in [5.41, 5.74) is 1.80. The number of hydrogen-bond acceptors (Lipinski definition) is 2. The molecule has 0 heterocycles. The number of amides is 2. The van der Waals surface area contributed by atoms with Crippen molar-refractivity contribution in [3.63, 3.8) is 0 Å². The van der Waals surface area contributed by atoms with Crippen molar-refractivity contribution in [1.82, 2.24) is 5.32 Å². The zero-order chi connectivity index (χ0) is 14.3. The predicted octanol–water partition coefficient (Wildman–Crippen LogP) is 1.94. The molecule has 0 aromatic heterocycles. The second-order valence-corrected chi connectivity index (χ2v) is 6.00. The van der Waals surface area contributed by atoms with Gasteiger partial charge in [0.05, 0.1) is 6.16 Å². The average molecular weight is 286 g/mol. The number of nitrogens with one attached hydrogen (secondary N) is 2. The summed E-state index contributed by atoms with van der Waals surface area (Å²) in [6, 6.07) is 7.02. The lowest BCUT2D eigenvalue weighted by Gasteiger charge is -2.09. The molecule has 0 atom stereocenters. The van der Waals surface area contributed by atoms with Crippen LogP contribution in [0.15, 0.2) is 24.3 Å². The highest BCUT2D eigenvalue weighted by molar-refractivity contribution is 7.51. The number of carbonyl (C=O) groups excluding carboxylic acids is 1. The lowest BCUT2D eigenvalue weighted by atomic mass is 10.1. The van der Waals surface area contributed by atoms with Crippen molar-refractivity contribution in [2.75, 3.05) is 18.0 Å². The zero-order valence-corrected chi connectivity index (χ0v) is 11.7. The standard InChI is InChI=1S/C12H19N2O4P/c1-2-4-10-5-3-6-11(9-10)14-12(15)13-7-8-19(16,17)18/h3,5-6,9H,2,4,7-8H2,1H3,(H2,13,14,15)(H2,16,17,18). The Labute approximate surface area is 112 Å². The number of benzene rings is 1. The van der Waals surface area contributed by atoms with Crippen molar-refractivity contribution in [3.8, 4) is 0 Å². The van der Waals surface area contributed by atoms with E-state index >= 15 is 0 Å². The van der Waals surface area contributed by atoms with Crippen LogP contribution in [0.2, 0.25) is 0 Å². The first kappa shape index (κ1) is 15.7. The van der Waals surface area contributed by atoms with E-state index in [1.807, 2.05) is 18.2 Å². The lowest BCUT2D eigenvalue weighted by Crippen LogP contribution is -2.31. The smallest absolute Gasteiger partial charge is 0.327 e. The molecule has 19 heavy (non-hydrogen) atoms. The monoisotopic (exact) mass is 286 g/mol. The Bertz CT molecular complexity index is 473. The number of anilines is 1. The largest absolute Gasteiger partial charge is 0.337 e. The predicted molar refractivity (Wildman–Crippen MR) is 74.4 cm³/mol. The second-order valence-electron chi connectivity index (χ2n) is 4.22. The summed E-state index contributed by atoms with van der Waals surface area (Å²) < 4.78 is 10.6. The third kappa shape index (κ3) is 6.96. The van der Waals surface area contributed by atoms with Crippen molar-refractivity contribution in [3.05, 3.63) is 29.8 Å². The SMILES string of the molecule is CCCc1cccc(NC(=O)NCCP(=O)(O)O)c1. The Kier molecular flexibility index (Phi) is 6.02. The fourth-order valence-electron chi connectivity index (χ4n) is 1.58. The zero-order valence-electron chi connectivity index (χ0n) is 10.8. The van der Waals surface area contributed by atoms with E-state index in [-0.39, 0.29) is 12.7 Å². The van der Waals surface area contributed by atoms with Gasteiger partial charge in [-0.05, 0) is 24.1 Å². The van der Waals surface area contributed by atoms with Crippen LogP contribution in [0.3, 0.4) is 0 Å². The van der Waals surface area contributed by atoms with Crippen molar-refractivity contribution in [1.29, 1.82) is 0 Å². The van der Waals surface area contributed by atoms with E-state index in [9.17, 15) is 9.36 Å². The molecule has 106 valence electrons. The highest BCUT2D eigenvalue weighted by Gasteiger charge is 2.12. The Balaban J connectivity index is 2.43. The minimum atomic E-state index is -4.06. The molecular weight excluding hydrogens is 267 g/mol. The molecule has 0 aliphatic rings.